The van der Waals surface area contributed by atoms with Gasteiger partial charge in [-0.3, -0.25) is 0 Å². The molecule has 2 N–H and O–H groups in total. The molecular formula is C12H27NO2. The summed E-state index contributed by atoms with van der Waals surface area (Å²) in [5.74, 6) is 0. The lowest BCUT2D eigenvalue weighted by atomic mass is 9.95. The second-order valence-electron chi connectivity index (χ2n) is 4.59. The Morgan fingerprint density at radius 1 is 1.13 bits per heavy atom. The van der Waals surface area contributed by atoms with Gasteiger partial charge in [-0.15, -0.1) is 6.58 Å². The smallest absolute Gasteiger partial charge is 0.106 e. The Morgan fingerprint density at radius 2 is 1.47 bits per heavy atom. The Kier molecular flexibility index (Phi) is 13.1. The number of carbonyl (C=O) groups excluding carboxylic acids is 1. The van der Waals surface area contributed by atoms with Gasteiger partial charge in [0.05, 0.1) is 12.2 Å². The van der Waals surface area contributed by atoms with Crippen LogP contribution in [0, 0.1) is 5.41 Å². The quantitative estimate of drug-likeness (QED) is 0.739. The number of ether oxygens (including phenoxy) is 1. The van der Waals surface area contributed by atoms with Crippen molar-refractivity contribution in [3.8, 4) is 0 Å². The average Bonchev–Trinajstić information content (AvgIpc) is 2.20. The highest BCUT2D eigenvalue weighted by Crippen LogP contribution is 2.19. The summed E-state index contributed by atoms with van der Waals surface area (Å²) in [7, 11) is 1.50. The molecule has 0 saturated heterocycles. The molecule has 0 aromatic heterocycles. The lowest BCUT2D eigenvalue weighted by molar-refractivity contribution is -0.0979. The SMILES string of the molecule is C=CC(C)(C)COC(C)(C)C.C=O.CN. The van der Waals surface area contributed by atoms with Gasteiger partial charge in [0.25, 0.3) is 0 Å². The first kappa shape index (κ1) is 19.8. The maximum atomic E-state index is 8.00. The first-order valence-corrected chi connectivity index (χ1v) is 4.91. The summed E-state index contributed by atoms with van der Waals surface area (Å²) >= 11 is 0. The van der Waals surface area contributed by atoms with E-state index in [-0.39, 0.29) is 11.0 Å². The maximum absolute atomic E-state index is 8.00. The fraction of sp³-hybridized carbons (Fsp3) is 0.750. The Balaban J connectivity index is -0.000000318. The summed E-state index contributed by atoms with van der Waals surface area (Å²) in [6.45, 7) is 16.9. The lowest BCUT2D eigenvalue weighted by Gasteiger charge is -2.26. The van der Waals surface area contributed by atoms with Crippen LogP contribution >= 0.6 is 0 Å². The molecule has 0 bridgehead atoms. The summed E-state index contributed by atoms with van der Waals surface area (Å²) in [4.78, 5) is 8.00. The third-order valence-electron chi connectivity index (χ3n) is 1.43. The van der Waals surface area contributed by atoms with Crippen molar-refractivity contribution in [2.24, 2.45) is 11.1 Å². The molecule has 0 aliphatic carbocycles. The third kappa shape index (κ3) is 19.7. The van der Waals surface area contributed by atoms with E-state index in [0.29, 0.717) is 0 Å². The predicted octanol–water partition coefficient (Wildman–Crippen LogP) is 2.40. The van der Waals surface area contributed by atoms with E-state index in [9.17, 15) is 0 Å². The summed E-state index contributed by atoms with van der Waals surface area (Å²) in [6.07, 6.45) is 1.93. The van der Waals surface area contributed by atoms with Crippen molar-refractivity contribution in [3.05, 3.63) is 12.7 Å². The van der Waals surface area contributed by atoms with Crippen LogP contribution in [-0.2, 0) is 9.53 Å². The minimum absolute atomic E-state index is 0.0414. The zero-order valence-corrected chi connectivity index (χ0v) is 11.1. The molecule has 0 heterocycles. The van der Waals surface area contributed by atoms with Crippen molar-refractivity contribution >= 4 is 6.79 Å². The molecule has 15 heavy (non-hydrogen) atoms. The minimum atomic E-state index is -0.0414. The van der Waals surface area contributed by atoms with Crippen molar-refractivity contribution in [2.45, 2.75) is 40.2 Å². The average molecular weight is 217 g/mol. The number of carbonyl (C=O) groups is 1. The van der Waals surface area contributed by atoms with Gasteiger partial charge in [0.2, 0.25) is 0 Å². The number of nitrogens with two attached hydrogens (primary N) is 1. The van der Waals surface area contributed by atoms with Crippen LogP contribution in [0.5, 0.6) is 0 Å². The van der Waals surface area contributed by atoms with Crippen LogP contribution in [0.2, 0.25) is 0 Å². The molecule has 0 unspecified atom stereocenters. The van der Waals surface area contributed by atoms with Crippen LogP contribution in [0.3, 0.4) is 0 Å². The molecule has 0 aromatic rings. The van der Waals surface area contributed by atoms with E-state index in [1.54, 1.807) is 0 Å². The van der Waals surface area contributed by atoms with Crippen LogP contribution in [-0.4, -0.2) is 26.0 Å². The first-order chi connectivity index (χ1) is 6.77. The minimum Gasteiger partial charge on any atom is -0.375 e. The van der Waals surface area contributed by atoms with Crippen molar-refractivity contribution in [3.63, 3.8) is 0 Å². The highest BCUT2D eigenvalue weighted by molar-refractivity contribution is 5.10. The van der Waals surface area contributed by atoms with Crippen LogP contribution in [0.25, 0.3) is 0 Å². The molecule has 3 nitrogen and oxygen atoms in total. The van der Waals surface area contributed by atoms with E-state index < -0.39 is 0 Å². The number of hydrogen-bond donors (Lipinski definition) is 1. The molecule has 0 radical (unpaired) electrons. The monoisotopic (exact) mass is 217 g/mol. The molecule has 0 spiro atoms. The fourth-order valence-corrected chi connectivity index (χ4v) is 0.461. The maximum Gasteiger partial charge on any atom is 0.106 e. The first-order valence-electron chi connectivity index (χ1n) is 4.91. The Bertz CT molecular complexity index is 148. The highest BCUT2D eigenvalue weighted by Gasteiger charge is 2.18. The topological polar surface area (TPSA) is 52.3 Å². The molecule has 0 amide bonds. The fourth-order valence-electron chi connectivity index (χ4n) is 0.461. The Hall–Kier alpha value is -0.670. The Labute approximate surface area is 94.7 Å². The summed E-state index contributed by atoms with van der Waals surface area (Å²) in [5.41, 5.74) is 4.55. The van der Waals surface area contributed by atoms with Crippen LogP contribution in [0.15, 0.2) is 12.7 Å². The molecule has 92 valence electrons. The van der Waals surface area contributed by atoms with Gasteiger partial charge in [-0.05, 0) is 27.8 Å². The van der Waals surface area contributed by atoms with E-state index in [1.807, 2.05) is 12.9 Å². The lowest BCUT2D eigenvalue weighted by Crippen LogP contribution is -2.26. The van der Waals surface area contributed by atoms with E-state index in [0.717, 1.165) is 6.61 Å². The normalized spacial score (nSPS) is 10.3. The largest absolute Gasteiger partial charge is 0.375 e. The molecular weight excluding hydrogens is 190 g/mol. The van der Waals surface area contributed by atoms with E-state index in [4.69, 9.17) is 9.53 Å². The van der Waals surface area contributed by atoms with Crippen LogP contribution < -0.4 is 5.73 Å². The van der Waals surface area contributed by atoms with E-state index in [2.05, 4.69) is 46.9 Å². The van der Waals surface area contributed by atoms with Gasteiger partial charge in [-0.1, -0.05) is 19.9 Å². The van der Waals surface area contributed by atoms with Gasteiger partial charge in [-0.25, -0.2) is 0 Å². The van der Waals surface area contributed by atoms with Gasteiger partial charge in [0.1, 0.15) is 6.79 Å². The second kappa shape index (κ2) is 9.87. The molecule has 0 aliphatic heterocycles. The van der Waals surface area contributed by atoms with Crippen molar-refractivity contribution < 1.29 is 9.53 Å². The highest BCUT2D eigenvalue weighted by atomic mass is 16.5. The van der Waals surface area contributed by atoms with Crippen molar-refractivity contribution in [2.75, 3.05) is 13.7 Å². The number of rotatable bonds is 3. The van der Waals surface area contributed by atoms with Gasteiger partial charge in [-0.2, -0.15) is 0 Å². The standard InChI is InChI=1S/C10H20O.CH5N.CH2O/c1-7-10(5,6)8-11-9(2,3)4;2*1-2/h7H,1,8H2,2-6H3;2H2,1H3;1H2. The summed E-state index contributed by atoms with van der Waals surface area (Å²) < 4.78 is 5.61. The van der Waals surface area contributed by atoms with E-state index in [1.165, 1.54) is 7.05 Å². The van der Waals surface area contributed by atoms with Gasteiger partial charge >= 0.3 is 0 Å². The second-order valence-corrected chi connectivity index (χ2v) is 4.59. The zero-order chi connectivity index (χ0) is 13.1. The molecule has 0 saturated carbocycles. The molecule has 0 aromatic carbocycles. The predicted molar refractivity (Wildman–Crippen MR) is 66.9 cm³/mol. The van der Waals surface area contributed by atoms with Crippen LogP contribution in [0.1, 0.15) is 34.6 Å². The summed E-state index contributed by atoms with van der Waals surface area (Å²) in [6, 6.07) is 0. The Morgan fingerprint density at radius 3 is 1.67 bits per heavy atom. The third-order valence-corrected chi connectivity index (χ3v) is 1.43. The van der Waals surface area contributed by atoms with Crippen molar-refractivity contribution in [1.29, 1.82) is 0 Å². The number of hydrogen-bond acceptors (Lipinski definition) is 3. The van der Waals surface area contributed by atoms with Gasteiger partial charge in [0.15, 0.2) is 0 Å². The van der Waals surface area contributed by atoms with Gasteiger partial charge < -0.3 is 15.3 Å². The van der Waals surface area contributed by atoms with Crippen LogP contribution in [0.4, 0.5) is 0 Å². The van der Waals surface area contributed by atoms with Crippen molar-refractivity contribution in [1.82, 2.24) is 0 Å². The molecule has 3 heteroatoms. The van der Waals surface area contributed by atoms with E-state index >= 15 is 0 Å². The summed E-state index contributed by atoms with van der Waals surface area (Å²) in [5, 5.41) is 0. The molecule has 0 fully saturated rings. The molecule has 0 aliphatic rings. The zero-order valence-electron chi connectivity index (χ0n) is 11.1. The van der Waals surface area contributed by atoms with Gasteiger partial charge in [0, 0.05) is 5.41 Å². The molecule has 0 atom stereocenters. The molecule has 0 rings (SSSR count).